The van der Waals surface area contributed by atoms with Crippen LogP contribution in [-0.2, 0) is 12.8 Å². The number of hydrogen-bond acceptors (Lipinski definition) is 2. The Bertz CT molecular complexity index is 559. The van der Waals surface area contributed by atoms with Crippen LogP contribution in [0.3, 0.4) is 0 Å². The molecule has 18 heavy (non-hydrogen) atoms. The number of benzene rings is 1. The van der Waals surface area contributed by atoms with Gasteiger partial charge in [0.25, 0.3) is 0 Å². The Morgan fingerprint density at radius 3 is 3.00 bits per heavy atom. The van der Waals surface area contributed by atoms with E-state index in [1.54, 1.807) is 0 Å². The van der Waals surface area contributed by atoms with Gasteiger partial charge in [0, 0.05) is 19.0 Å². The molecule has 1 aromatic heterocycles. The van der Waals surface area contributed by atoms with Crippen molar-refractivity contribution in [3.63, 3.8) is 0 Å². The van der Waals surface area contributed by atoms with Crippen LogP contribution < -0.4 is 0 Å². The van der Waals surface area contributed by atoms with Crippen molar-refractivity contribution in [3.8, 4) is 0 Å². The van der Waals surface area contributed by atoms with Gasteiger partial charge >= 0.3 is 0 Å². The van der Waals surface area contributed by atoms with E-state index < -0.39 is 0 Å². The average Bonchev–Trinajstić information content (AvgIpc) is 2.76. The van der Waals surface area contributed by atoms with Gasteiger partial charge in [0.15, 0.2) is 0 Å². The van der Waals surface area contributed by atoms with E-state index in [4.69, 9.17) is 0 Å². The van der Waals surface area contributed by atoms with Crippen molar-refractivity contribution in [3.05, 3.63) is 53.1 Å². The Labute approximate surface area is 107 Å². The topological polar surface area (TPSA) is 38.0 Å². The van der Waals surface area contributed by atoms with Gasteiger partial charge in [0.2, 0.25) is 0 Å². The summed E-state index contributed by atoms with van der Waals surface area (Å²) in [5, 5.41) is 9.92. The number of imidazole rings is 1. The standard InChI is InChI=1S/C15H18N2O/c1-11-5-2-3-6-12(11)9-13-10-17-14(16-13)7-4-8-15(17)18/h2-3,5-6,10,15,18H,4,7-9H2,1H3. The average molecular weight is 242 g/mol. The third-order valence-corrected chi connectivity index (χ3v) is 3.68. The van der Waals surface area contributed by atoms with Crippen molar-refractivity contribution in [2.24, 2.45) is 0 Å². The first-order valence-corrected chi connectivity index (χ1v) is 6.53. The Hall–Kier alpha value is -1.61. The molecular formula is C15H18N2O. The molecule has 1 unspecified atom stereocenters. The second kappa shape index (κ2) is 4.58. The van der Waals surface area contributed by atoms with Crippen molar-refractivity contribution >= 4 is 0 Å². The van der Waals surface area contributed by atoms with Gasteiger partial charge in [-0.15, -0.1) is 0 Å². The lowest BCUT2D eigenvalue weighted by molar-refractivity contribution is 0.0780. The molecule has 0 bridgehead atoms. The van der Waals surface area contributed by atoms with Gasteiger partial charge in [-0.05, 0) is 30.9 Å². The van der Waals surface area contributed by atoms with Crippen molar-refractivity contribution in [2.45, 2.75) is 38.8 Å². The van der Waals surface area contributed by atoms with Gasteiger partial charge in [0.05, 0.1) is 5.69 Å². The second-order valence-electron chi connectivity index (χ2n) is 5.03. The van der Waals surface area contributed by atoms with Crippen LogP contribution in [0.15, 0.2) is 30.5 Å². The smallest absolute Gasteiger partial charge is 0.131 e. The first kappa shape index (κ1) is 11.5. The monoisotopic (exact) mass is 242 g/mol. The minimum atomic E-state index is -0.383. The van der Waals surface area contributed by atoms with Crippen LogP contribution >= 0.6 is 0 Å². The summed E-state index contributed by atoms with van der Waals surface area (Å²) in [6.45, 7) is 2.13. The first-order chi connectivity index (χ1) is 8.74. The zero-order valence-electron chi connectivity index (χ0n) is 10.6. The molecule has 0 fully saturated rings. The van der Waals surface area contributed by atoms with E-state index in [0.717, 1.165) is 37.2 Å². The zero-order chi connectivity index (χ0) is 12.5. The fourth-order valence-electron chi connectivity index (χ4n) is 2.60. The first-order valence-electron chi connectivity index (χ1n) is 6.53. The molecule has 1 N–H and O–H groups in total. The minimum Gasteiger partial charge on any atom is -0.373 e. The van der Waals surface area contributed by atoms with E-state index in [-0.39, 0.29) is 6.23 Å². The molecule has 3 rings (SSSR count). The van der Waals surface area contributed by atoms with Crippen molar-refractivity contribution in [1.29, 1.82) is 0 Å². The Balaban J connectivity index is 1.88. The maximum absolute atomic E-state index is 9.92. The number of aliphatic hydroxyl groups is 1. The summed E-state index contributed by atoms with van der Waals surface area (Å²) in [4.78, 5) is 4.64. The van der Waals surface area contributed by atoms with Gasteiger partial charge in [0.1, 0.15) is 12.1 Å². The summed E-state index contributed by atoms with van der Waals surface area (Å²) < 4.78 is 1.93. The number of fused-ring (bicyclic) bond motifs is 1. The summed E-state index contributed by atoms with van der Waals surface area (Å²) >= 11 is 0. The Morgan fingerprint density at radius 1 is 1.39 bits per heavy atom. The van der Waals surface area contributed by atoms with E-state index >= 15 is 0 Å². The summed E-state index contributed by atoms with van der Waals surface area (Å²) in [5.41, 5.74) is 3.66. The van der Waals surface area contributed by atoms with E-state index in [9.17, 15) is 5.11 Å². The summed E-state index contributed by atoms with van der Waals surface area (Å²) in [6, 6.07) is 8.39. The SMILES string of the molecule is Cc1ccccc1Cc1cn2c(n1)CCCC2O. The number of hydrogen-bond donors (Lipinski definition) is 1. The Morgan fingerprint density at radius 2 is 2.22 bits per heavy atom. The molecule has 0 saturated carbocycles. The summed E-state index contributed by atoms with van der Waals surface area (Å²) in [6.07, 6.45) is 5.32. The maximum Gasteiger partial charge on any atom is 0.131 e. The molecular weight excluding hydrogens is 224 g/mol. The van der Waals surface area contributed by atoms with Crippen LogP contribution in [-0.4, -0.2) is 14.7 Å². The normalized spacial score (nSPS) is 18.7. The predicted octanol–water partition coefficient (Wildman–Crippen LogP) is 2.61. The number of aryl methyl sites for hydroxylation is 2. The molecule has 1 aromatic carbocycles. The largest absolute Gasteiger partial charge is 0.373 e. The second-order valence-corrected chi connectivity index (χ2v) is 5.03. The third-order valence-electron chi connectivity index (χ3n) is 3.68. The molecule has 1 aliphatic rings. The van der Waals surface area contributed by atoms with Crippen LogP contribution in [0.2, 0.25) is 0 Å². The molecule has 0 radical (unpaired) electrons. The highest BCUT2D eigenvalue weighted by atomic mass is 16.3. The lowest BCUT2D eigenvalue weighted by atomic mass is 10.0. The van der Waals surface area contributed by atoms with Gasteiger partial charge < -0.3 is 9.67 Å². The van der Waals surface area contributed by atoms with Crippen LogP contribution in [0.4, 0.5) is 0 Å². The van der Waals surface area contributed by atoms with Gasteiger partial charge in [-0.2, -0.15) is 0 Å². The number of nitrogens with zero attached hydrogens (tertiary/aromatic N) is 2. The highest BCUT2D eigenvalue weighted by Crippen LogP contribution is 2.23. The molecule has 1 aliphatic heterocycles. The van der Waals surface area contributed by atoms with E-state index in [0.29, 0.717) is 0 Å². The maximum atomic E-state index is 9.92. The molecule has 94 valence electrons. The molecule has 0 amide bonds. The number of aliphatic hydroxyl groups excluding tert-OH is 1. The number of rotatable bonds is 2. The van der Waals surface area contributed by atoms with Crippen LogP contribution in [0, 0.1) is 6.92 Å². The fraction of sp³-hybridized carbons (Fsp3) is 0.400. The summed E-state index contributed by atoms with van der Waals surface area (Å²) in [5.74, 6) is 1.03. The molecule has 2 aromatic rings. The lowest BCUT2D eigenvalue weighted by Gasteiger charge is -2.19. The van der Waals surface area contributed by atoms with Gasteiger partial charge in [-0.25, -0.2) is 4.98 Å². The van der Waals surface area contributed by atoms with Crippen molar-refractivity contribution in [2.75, 3.05) is 0 Å². The molecule has 3 heteroatoms. The molecule has 1 atom stereocenters. The highest BCUT2D eigenvalue weighted by molar-refractivity contribution is 5.29. The Kier molecular flexibility index (Phi) is 2.92. The zero-order valence-corrected chi connectivity index (χ0v) is 10.6. The molecule has 0 spiro atoms. The molecule has 0 aliphatic carbocycles. The van der Waals surface area contributed by atoms with Gasteiger partial charge in [-0.1, -0.05) is 24.3 Å². The predicted molar refractivity (Wildman–Crippen MR) is 70.4 cm³/mol. The van der Waals surface area contributed by atoms with Crippen LogP contribution in [0.5, 0.6) is 0 Å². The van der Waals surface area contributed by atoms with E-state index in [1.807, 2.05) is 10.8 Å². The van der Waals surface area contributed by atoms with E-state index in [2.05, 4.69) is 36.2 Å². The van der Waals surface area contributed by atoms with Crippen LogP contribution in [0.1, 0.15) is 41.7 Å². The quantitative estimate of drug-likeness (QED) is 0.879. The van der Waals surface area contributed by atoms with Crippen molar-refractivity contribution < 1.29 is 5.11 Å². The highest BCUT2D eigenvalue weighted by Gasteiger charge is 2.19. The molecule has 3 nitrogen and oxygen atoms in total. The number of aromatic nitrogens is 2. The van der Waals surface area contributed by atoms with Gasteiger partial charge in [-0.3, -0.25) is 0 Å². The fourth-order valence-corrected chi connectivity index (χ4v) is 2.60. The summed E-state index contributed by atoms with van der Waals surface area (Å²) in [7, 11) is 0. The van der Waals surface area contributed by atoms with Crippen molar-refractivity contribution in [1.82, 2.24) is 9.55 Å². The molecule has 2 heterocycles. The van der Waals surface area contributed by atoms with Crippen LogP contribution in [0.25, 0.3) is 0 Å². The molecule has 0 saturated heterocycles. The minimum absolute atomic E-state index is 0.383. The van der Waals surface area contributed by atoms with E-state index in [1.165, 1.54) is 11.1 Å². The lowest BCUT2D eigenvalue weighted by Crippen LogP contribution is -2.16. The third kappa shape index (κ3) is 2.06.